The molecule has 2 heterocycles. The summed E-state index contributed by atoms with van der Waals surface area (Å²) in [4.78, 5) is 11.3. The second kappa shape index (κ2) is 10.4. The Balaban J connectivity index is 1.48. The van der Waals surface area contributed by atoms with Gasteiger partial charge in [-0.05, 0) is 18.1 Å². The Morgan fingerprint density at radius 3 is 2.70 bits per heavy atom. The van der Waals surface area contributed by atoms with Gasteiger partial charge in [0.2, 0.25) is 0 Å². The van der Waals surface area contributed by atoms with Gasteiger partial charge in [0.15, 0.2) is 5.96 Å². The van der Waals surface area contributed by atoms with Crippen LogP contribution in [0.15, 0.2) is 34.6 Å². The molecule has 2 N–H and O–H groups in total. The molecular formula is C20H29N5OS. The van der Waals surface area contributed by atoms with Crippen molar-refractivity contribution < 1.29 is 4.74 Å². The van der Waals surface area contributed by atoms with E-state index in [1.54, 1.807) is 11.3 Å². The molecule has 0 radical (unpaired) electrons. The maximum atomic E-state index is 5.45. The topological polar surface area (TPSA) is 61.8 Å². The second-order valence-corrected chi connectivity index (χ2v) is 7.68. The first kappa shape index (κ1) is 19.8. The summed E-state index contributed by atoms with van der Waals surface area (Å²) in [7, 11) is 1.81. The fraction of sp³-hybridized carbons (Fsp3) is 0.500. The summed E-state index contributed by atoms with van der Waals surface area (Å²) in [6.07, 6.45) is 0.901. The highest BCUT2D eigenvalue weighted by atomic mass is 32.1. The molecule has 1 aromatic heterocycles. The molecule has 0 atom stereocenters. The minimum absolute atomic E-state index is 0.760. The Hall–Kier alpha value is -1.96. The Bertz CT molecular complexity index is 739. The first-order chi connectivity index (χ1) is 13.2. The average molecular weight is 388 g/mol. The molecule has 0 aliphatic carbocycles. The maximum absolute atomic E-state index is 5.45. The maximum Gasteiger partial charge on any atom is 0.191 e. The molecule has 146 valence electrons. The van der Waals surface area contributed by atoms with Gasteiger partial charge < -0.3 is 15.4 Å². The van der Waals surface area contributed by atoms with Gasteiger partial charge in [0, 0.05) is 51.6 Å². The van der Waals surface area contributed by atoms with Gasteiger partial charge in [-0.2, -0.15) is 0 Å². The largest absolute Gasteiger partial charge is 0.379 e. The molecular weight excluding hydrogens is 358 g/mol. The molecule has 0 amide bonds. The van der Waals surface area contributed by atoms with Crippen LogP contribution in [0.2, 0.25) is 0 Å². The van der Waals surface area contributed by atoms with Crippen LogP contribution < -0.4 is 10.6 Å². The van der Waals surface area contributed by atoms with Gasteiger partial charge in [-0.15, -0.1) is 11.3 Å². The molecule has 27 heavy (non-hydrogen) atoms. The van der Waals surface area contributed by atoms with Gasteiger partial charge in [0.05, 0.1) is 23.9 Å². The van der Waals surface area contributed by atoms with Crippen LogP contribution in [0.3, 0.4) is 0 Å². The van der Waals surface area contributed by atoms with Gasteiger partial charge in [-0.1, -0.05) is 24.3 Å². The lowest BCUT2D eigenvalue weighted by molar-refractivity contribution is 0.0341. The number of thiazole rings is 1. The summed E-state index contributed by atoms with van der Waals surface area (Å²) in [5, 5.41) is 10.0. The van der Waals surface area contributed by atoms with Gasteiger partial charge >= 0.3 is 0 Å². The average Bonchev–Trinajstić information content (AvgIpc) is 3.11. The molecule has 2 aromatic rings. The van der Waals surface area contributed by atoms with Crippen LogP contribution in [0.1, 0.15) is 21.8 Å². The smallest absolute Gasteiger partial charge is 0.191 e. The van der Waals surface area contributed by atoms with Gasteiger partial charge in [-0.25, -0.2) is 4.98 Å². The third kappa shape index (κ3) is 6.30. The number of morpholine rings is 1. The molecule has 1 aromatic carbocycles. The van der Waals surface area contributed by atoms with Gasteiger partial charge in [-0.3, -0.25) is 9.89 Å². The number of hydrogen-bond donors (Lipinski definition) is 2. The van der Waals surface area contributed by atoms with E-state index in [9.17, 15) is 0 Å². The van der Waals surface area contributed by atoms with Crippen molar-refractivity contribution in [3.8, 4) is 0 Å². The molecule has 0 unspecified atom stereocenters. The quantitative estimate of drug-likeness (QED) is 0.563. The number of rotatable bonds is 7. The lowest BCUT2D eigenvalue weighted by Crippen LogP contribution is -2.38. The number of aromatic nitrogens is 1. The van der Waals surface area contributed by atoms with Crippen LogP contribution in [-0.2, 0) is 24.2 Å². The van der Waals surface area contributed by atoms with Crippen LogP contribution in [0, 0.1) is 6.92 Å². The molecule has 3 rings (SSSR count). The molecule has 0 spiro atoms. The fourth-order valence-electron chi connectivity index (χ4n) is 3.12. The zero-order valence-electron chi connectivity index (χ0n) is 16.2. The molecule has 1 aliphatic rings. The molecule has 6 nitrogen and oxygen atoms in total. The molecule has 1 aliphatic heterocycles. The van der Waals surface area contributed by atoms with Crippen LogP contribution in [0.4, 0.5) is 0 Å². The van der Waals surface area contributed by atoms with Crippen molar-refractivity contribution in [3.05, 3.63) is 51.5 Å². The van der Waals surface area contributed by atoms with Crippen LogP contribution in [0.5, 0.6) is 0 Å². The van der Waals surface area contributed by atoms with E-state index >= 15 is 0 Å². The summed E-state index contributed by atoms with van der Waals surface area (Å²) < 4.78 is 5.45. The highest BCUT2D eigenvalue weighted by molar-refractivity contribution is 7.09. The Labute approximate surface area is 165 Å². The number of hydrogen-bond acceptors (Lipinski definition) is 5. The van der Waals surface area contributed by atoms with E-state index in [1.165, 1.54) is 11.1 Å². The molecule has 0 bridgehead atoms. The fourth-order valence-corrected chi connectivity index (χ4v) is 3.76. The van der Waals surface area contributed by atoms with E-state index in [-0.39, 0.29) is 0 Å². The van der Waals surface area contributed by atoms with E-state index in [1.807, 2.05) is 14.0 Å². The van der Waals surface area contributed by atoms with Crippen LogP contribution >= 0.6 is 11.3 Å². The van der Waals surface area contributed by atoms with Crippen LogP contribution in [-0.4, -0.2) is 55.7 Å². The van der Waals surface area contributed by atoms with Crippen LogP contribution in [0.25, 0.3) is 0 Å². The van der Waals surface area contributed by atoms with Crippen molar-refractivity contribution in [2.24, 2.45) is 4.99 Å². The van der Waals surface area contributed by atoms with E-state index in [4.69, 9.17) is 4.74 Å². The van der Waals surface area contributed by atoms with Crippen molar-refractivity contribution in [3.63, 3.8) is 0 Å². The Morgan fingerprint density at radius 1 is 1.22 bits per heavy atom. The third-order valence-electron chi connectivity index (χ3n) is 4.63. The number of aliphatic imine (C=N–C) groups is 1. The van der Waals surface area contributed by atoms with Crippen molar-refractivity contribution in [1.82, 2.24) is 20.5 Å². The number of nitrogens with one attached hydrogen (secondary N) is 2. The number of ether oxygens (including phenoxy) is 1. The summed E-state index contributed by atoms with van der Waals surface area (Å²) in [6.45, 7) is 8.24. The van der Waals surface area contributed by atoms with Crippen molar-refractivity contribution in [2.45, 2.75) is 26.4 Å². The summed E-state index contributed by atoms with van der Waals surface area (Å²) >= 11 is 1.70. The zero-order chi connectivity index (χ0) is 18.9. The summed E-state index contributed by atoms with van der Waals surface area (Å²) in [6, 6.07) is 8.62. The molecule has 1 fully saturated rings. The third-order valence-corrected chi connectivity index (χ3v) is 5.45. The summed E-state index contributed by atoms with van der Waals surface area (Å²) in [5.41, 5.74) is 3.80. The number of aryl methyl sites for hydroxylation is 1. The van der Waals surface area contributed by atoms with Crippen molar-refractivity contribution in [1.29, 1.82) is 0 Å². The normalized spacial score (nSPS) is 15.7. The predicted octanol–water partition coefficient (Wildman–Crippen LogP) is 2.19. The van der Waals surface area contributed by atoms with Gasteiger partial charge in [0.1, 0.15) is 0 Å². The van der Waals surface area contributed by atoms with Crippen molar-refractivity contribution in [2.75, 3.05) is 39.9 Å². The minimum Gasteiger partial charge on any atom is -0.379 e. The number of nitrogens with zero attached hydrogens (tertiary/aromatic N) is 3. The Kier molecular flexibility index (Phi) is 7.62. The number of guanidine groups is 1. The predicted molar refractivity (Wildman–Crippen MR) is 111 cm³/mol. The highest BCUT2D eigenvalue weighted by Crippen LogP contribution is 2.13. The van der Waals surface area contributed by atoms with E-state index in [2.05, 4.69) is 55.2 Å². The van der Waals surface area contributed by atoms with E-state index in [0.717, 1.165) is 69.0 Å². The second-order valence-electron chi connectivity index (χ2n) is 6.62. The Morgan fingerprint density at radius 2 is 2.00 bits per heavy atom. The van der Waals surface area contributed by atoms with Gasteiger partial charge in [0.25, 0.3) is 0 Å². The zero-order valence-corrected chi connectivity index (χ0v) is 17.0. The molecule has 1 saturated heterocycles. The van der Waals surface area contributed by atoms with E-state index < -0.39 is 0 Å². The standard InChI is InChI=1S/C20H29N5OS/c1-16-24-19(15-27-16)7-8-22-20(21-2)23-13-17-5-3-4-6-18(17)14-25-9-11-26-12-10-25/h3-6,15H,7-14H2,1-2H3,(H2,21,22,23). The highest BCUT2D eigenvalue weighted by Gasteiger charge is 2.12. The molecule has 7 heteroatoms. The molecule has 0 saturated carbocycles. The summed E-state index contributed by atoms with van der Waals surface area (Å²) in [5.74, 6) is 0.822. The lowest BCUT2D eigenvalue weighted by Gasteiger charge is -2.27. The minimum atomic E-state index is 0.760. The van der Waals surface area contributed by atoms with E-state index in [0.29, 0.717) is 0 Å². The monoisotopic (exact) mass is 387 g/mol. The first-order valence-electron chi connectivity index (χ1n) is 9.47. The SMILES string of the molecule is CN=C(NCCc1csc(C)n1)NCc1ccccc1CN1CCOCC1. The first-order valence-corrected chi connectivity index (χ1v) is 10.3. The lowest BCUT2D eigenvalue weighted by atomic mass is 10.1. The number of benzene rings is 1. The van der Waals surface area contributed by atoms with Crippen molar-refractivity contribution >= 4 is 17.3 Å².